The fourth-order valence-electron chi connectivity index (χ4n) is 2.63. The molecule has 0 saturated heterocycles. The van der Waals surface area contributed by atoms with Crippen LogP contribution in [0.5, 0.6) is 0 Å². The van der Waals surface area contributed by atoms with Crippen molar-refractivity contribution in [2.45, 2.75) is 44.6 Å². The van der Waals surface area contributed by atoms with Crippen LogP contribution in [-0.2, 0) is 4.74 Å². The Kier molecular flexibility index (Phi) is 5.23. The zero-order chi connectivity index (χ0) is 12.6. The summed E-state index contributed by atoms with van der Waals surface area (Å²) in [5.74, 6) is 0.698. The minimum absolute atomic E-state index is 0.0573. The highest BCUT2D eigenvalue weighted by Gasteiger charge is 2.17. The molecule has 1 aliphatic carbocycles. The van der Waals surface area contributed by atoms with Gasteiger partial charge in [-0.25, -0.2) is 0 Å². The molecule has 1 unspecified atom stereocenters. The van der Waals surface area contributed by atoms with Gasteiger partial charge < -0.3 is 4.74 Å². The number of nitriles is 1. The van der Waals surface area contributed by atoms with Gasteiger partial charge in [-0.3, -0.25) is 0 Å². The first kappa shape index (κ1) is 13.1. The maximum Gasteiger partial charge on any atom is 0.0954 e. The van der Waals surface area contributed by atoms with Gasteiger partial charge in [0.1, 0.15) is 0 Å². The molecule has 1 aromatic rings. The first-order valence-electron chi connectivity index (χ1n) is 6.93. The molecule has 2 rings (SSSR count). The molecule has 2 heteroatoms. The molecule has 1 fully saturated rings. The third-order valence-corrected chi connectivity index (χ3v) is 3.71. The molecule has 0 bridgehead atoms. The molecule has 1 aromatic carbocycles. The predicted octanol–water partition coefficient (Wildman–Crippen LogP) is 4.24. The van der Waals surface area contributed by atoms with Crippen molar-refractivity contribution in [1.29, 1.82) is 5.26 Å². The lowest BCUT2D eigenvalue weighted by Crippen LogP contribution is -2.16. The molecular formula is C16H21NO. The second-order valence-electron chi connectivity index (χ2n) is 5.10. The molecule has 1 atom stereocenters. The summed E-state index contributed by atoms with van der Waals surface area (Å²) in [5, 5.41) is 8.90. The summed E-state index contributed by atoms with van der Waals surface area (Å²) in [6.45, 7) is 0.807. The minimum Gasteiger partial charge on any atom is -0.372 e. The van der Waals surface area contributed by atoms with Crippen LogP contribution in [0.15, 0.2) is 30.3 Å². The van der Waals surface area contributed by atoms with Crippen LogP contribution >= 0.6 is 0 Å². The van der Waals surface area contributed by atoms with Crippen molar-refractivity contribution in [3.63, 3.8) is 0 Å². The van der Waals surface area contributed by atoms with Crippen LogP contribution in [0.3, 0.4) is 0 Å². The zero-order valence-electron chi connectivity index (χ0n) is 10.8. The smallest absolute Gasteiger partial charge is 0.0954 e. The maximum atomic E-state index is 8.90. The van der Waals surface area contributed by atoms with E-state index in [1.807, 2.05) is 30.3 Å². The number of nitrogens with zero attached hydrogens (tertiary/aromatic N) is 1. The van der Waals surface area contributed by atoms with E-state index in [9.17, 15) is 0 Å². The van der Waals surface area contributed by atoms with Crippen LogP contribution in [0.2, 0.25) is 0 Å². The van der Waals surface area contributed by atoms with Gasteiger partial charge in [0, 0.05) is 0 Å². The van der Waals surface area contributed by atoms with E-state index in [0.717, 1.165) is 12.2 Å². The third-order valence-electron chi connectivity index (χ3n) is 3.71. The largest absolute Gasteiger partial charge is 0.372 e. The van der Waals surface area contributed by atoms with Gasteiger partial charge in [-0.15, -0.1) is 0 Å². The quantitative estimate of drug-likeness (QED) is 0.775. The Morgan fingerprint density at radius 1 is 1.17 bits per heavy atom. The monoisotopic (exact) mass is 243 g/mol. The van der Waals surface area contributed by atoms with Crippen LogP contribution in [0.4, 0.5) is 0 Å². The van der Waals surface area contributed by atoms with Gasteiger partial charge in [-0.2, -0.15) is 5.26 Å². The fraction of sp³-hybridized carbons (Fsp3) is 0.562. The highest BCUT2D eigenvalue weighted by atomic mass is 16.5. The van der Waals surface area contributed by atoms with Crippen molar-refractivity contribution in [2.75, 3.05) is 6.61 Å². The van der Waals surface area contributed by atoms with Crippen molar-refractivity contribution in [2.24, 2.45) is 5.92 Å². The summed E-state index contributed by atoms with van der Waals surface area (Å²) in [4.78, 5) is 0. The van der Waals surface area contributed by atoms with E-state index in [0.29, 0.717) is 12.3 Å². The molecule has 0 aromatic heterocycles. The topological polar surface area (TPSA) is 33.0 Å². The molecular weight excluding hydrogens is 222 g/mol. The van der Waals surface area contributed by atoms with Crippen LogP contribution in [0, 0.1) is 17.2 Å². The number of ether oxygens (including phenoxy) is 1. The van der Waals surface area contributed by atoms with Gasteiger partial charge >= 0.3 is 0 Å². The molecule has 96 valence electrons. The zero-order valence-corrected chi connectivity index (χ0v) is 10.8. The molecule has 2 nitrogen and oxygen atoms in total. The second kappa shape index (κ2) is 7.18. The standard InChI is InChI=1S/C16H21NO/c17-12-11-16(15-9-5-2-6-10-15)18-13-14-7-3-1-4-8-14/h2,5-6,9-10,14,16H,1,3-4,7-8,11,13H2. The lowest BCUT2D eigenvalue weighted by Gasteiger charge is -2.24. The number of hydrogen-bond acceptors (Lipinski definition) is 2. The van der Waals surface area contributed by atoms with Crippen LogP contribution in [0.1, 0.15) is 50.2 Å². The highest BCUT2D eigenvalue weighted by Crippen LogP contribution is 2.27. The summed E-state index contributed by atoms with van der Waals surface area (Å²) < 4.78 is 5.99. The first-order chi connectivity index (χ1) is 8.90. The average molecular weight is 243 g/mol. The van der Waals surface area contributed by atoms with Gasteiger partial charge in [0.15, 0.2) is 0 Å². The van der Waals surface area contributed by atoms with Crippen molar-refractivity contribution in [1.82, 2.24) is 0 Å². The van der Waals surface area contributed by atoms with Crippen LogP contribution < -0.4 is 0 Å². The van der Waals surface area contributed by atoms with E-state index >= 15 is 0 Å². The molecule has 18 heavy (non-hydrogen) atoms. The van der Waals surface area contributed by atoms with Gasteiger partial charge in [-0.1, -0.05) is 49.6 Å². The molecule has 0 heterocycles. The molecule has 0 spiro atoms. The number of rotatable bonds is 5. The van der Waals surface area contributed by atoms with Gasteiger partial charge in [0.25, 0.3) is 0 Å². The lowest BCUT2D eigenvalue weighted by atomic mass is 9.90. The van der Waals surface area contributed by atoms with Crippen molar-refractivity contribution >= 4 is 0 Å². The Morgan fingerprint density at radius 3 is 2.56 bits per heavy atom. The Balaban J connectivity index is 1.88. The van der Waals surface area contributed by atoms with Crippen molar-refractivity contribution in [3.8, 4) is 6.07 Å². The molecule has 1 saturated carbocycles. The summed E-state index contributed by atoms with van der Waals surface area (Å²) in [6.07, 6.45) is 7.00. The summed E-state index contributed by atoms with van der Waals surface area (Å²) in [7, 11) is 0. The summed E-state index contributed by atoms with van der Waals surface area (Å²) in [6, 6.07) is 12.3. The minimum atomic E-state index is -0.0573. The maximum absolute atomic E-state index is 8.90. The summed E-state index contributed by atoms with van der Waals surface area (Å²) in [5.41, 5.74) is 1.12. The fourth-order valence-corrected chi connectivity index (χ4v) is 2.63. The van der Waals surface area contributed by atoms with E-state index < -0.39 is 0 Å². The van der Waals surface area contributed by atoms with Crippen molar-refractivity contribution < 1.29 is 4.74 Å². The summed E-state index contributed by atoms with van der Waals surface area (Å²) >= 11 is 0. The van der Waals surface area contributed by atoms with E-state index in [-0.39, 0.29) is 6.10 Å². The Bertz CT molecular complexity index is 376. The number of hydrogen-bond donors (Lipinski definition) is 0. The Hall–Kier alpha value is -1.33. The molecule has 0 aliphatic heterocycles. The number of benzene rings is 1. The predicted molar refractivity (Wildman–Crippen MR) is 71.9 cm³/mol. The third kappa shape index (κ3) is 3.85. The van der Waals surface area contributed by atoms with E-state index in [1.165, 1.54) is 32.1 Å². The Morgan fingerprint density at radius 2 is 1.89 bits per heavy atom. The highest BCUT2D eigenvalue weighted by molar-refractivity contribution is 5.18. The van der Waals surface area contributed by atoms with E-state index in [2.05, 4.69) is 6.07 Å². The molecule has 0 N–H and O–H groups in total. The van der Waals surface area contributed by atoms with Gasteiger partial charge in [0.2, 0.25) is 0 Å². The van der Waals surface area contributed by atoms with Gasteiger partial charge in [-0.05, 0) is 24.3 Å². The normalized spacial score (nSPS) is 18.2. The average Bonchev–Trinajstić information content (AvgIpc) is 2.45. The van der Waals surface area contributed by atoms with E-state index in [4.69, 9.17) is 10.00 Å². The molecule has 1 aliphatic rings. The molecule has 0 radical (unpaired) electrons. The van der Waals surface area contributed by atoms with Crippen LogP contribution in [0.25, 0.3) is 0 Å². The van der Waals surface area contributed by atoms with Gasteiger partial charge in [0.05, 0.1) is 25.2 Å². The SMILES string of the molecule is N#CCC(OCC1CCCCC1)c1ccccc1. The van der Waals surface area contributed by atoms with Crippen molar-refractivity contribution in [3.05, 3.63) is 35.9 Å². The first-order valence-corrected chi connectivity index (χ1v) is 6.93. The van der Waals surface area contributed by atoms with Crippen LogP contribution in [-0.4, -0.2) is 6.61 Å². The second-order valence-corrected chi connectivity index (χ2v) is 5.10. The molecule has 0 amide bonds. The Labute approximate surface area is 110 Å². The van der Waals surface area contributed by atoms with E-state index in [1.54, 1.807) is 0 Å². The lowest BCUT2D eigenvalue weighted by molar-refractivity contribution is 0.0222.